The van der Waals surface area contributed by atoms with Crippen molar-refractivity contribution in [3.63, 3.8) is 0 Å². The second-order valence-electron chi connectivity index (χ2n) is 4.54. The topological polar surface area (TPSA) is 51.0 Å². The lowest BCUT2D eigenvalue weighted by molar-refractivity contribution is 0.374. The lowest BCUT2D eigenvalue weighted by Gasteiger charge is -2.04. The normalized spacial score (nSPS) is 18.6. The molecule has 1 aliphatic heterocycles. The molecule has 2 aromatic rings. The van der Waals surface area contributed by atoms with Crippen LogP contribution in [-0.2, 0) is 5.75 Å². The first-order valence-electron chi connectivity index (χ1n) is 6.36. The number of nitrogens with one attached hydrogen (secondary N) is 1. The lowest BCUT2D eigenvalue weighted by Crippen LogP contribution is -2.12. The van der Waals surface area contributed by atoms with Gasteiger partial charge in [0.1, 0.15) is 0 Å². The molecular weight excluding hydrogens is 317 g/mol. The average molecular weight is 330 g/mol. The molecule has 0 amide bonds. The van der Waals surface area contributed by atoms with Gasteiger partial charge in [-0.1, -0.05) is 41.0 Å². The number of rotatable bonds is 4. The van der Waals surface area contributed by atoms with Crippen molar-refractivity contribution in [2.75, 3.05) is 6.54 Å². The molecule has 0 unspecified atom stereocenters. The Kier molecular flexibility index (Phi) is 4.51. The van der Waals surface area contributed by atoms with Gasteiger partial charge in [0.25, 0.3) is 5.22 Å². The molecule has 0 aliphatic carbocycles. The van der Waals surface area contributed by atoms with Crippen LogP contribution in [0.2, 0.25) is 10.0 Å². The summed E-state index contributed by atoms with van der Waals surface area (Å²) in [6, 6.07) is 5.67. The Morgan fingerprint density at radius 1 is 1.30 bits per heavy atom. The SMILES string of the molecule is Clc1cccc(Cl)c1CSc1nnc([C@@H]2CCCN2)o1. The van der Waals surface area contributed by atoms with Gasteiger partial charge in [-0.3, -0.25) is 0 Å². The quantitative estimate of drug-likeness (QED) is 0.856. The molecule has 0 radical (unpaired) electrons. The number of aromatic nitrogens is 2. The van der Waals surface area contributed by atoms with Crippen LogP contribution in [0.15, 0.2) is 27.8 Å². The van der Waals surface area contributed by atoms with E-state index in [1.54, 1.807) is 0 Å². The van der Waals surface area contributed by atoms with E-state index in [1.807, 2.05) is 18.2 Å². The summed E-state index contributed by atoms with van der Waals surface area (Å²) in [5.41, 5.74) is 0.888. The smallest absolute Gasteiger partial charge is 0.276 e. The van der Waals surface area contributed by atoms with Crippen molar-refractivity contribution in [2.45, 2.75) is 29.9 Å². The standard InChI is InChI=1S/C13H13Cl2N3OS/c14-9-3-1-4-10(15)8(9)7-20-13-18-17-12(19-13)11-5-2-6-16-11/h1,3-4,11,16H,2,5-7H2/t11-/m0/s1. The third-order valence-electron chi connectivity index (χ3n) is 3.18. The van der Waals surface area contributed by atoms with E-state index in [4.69, 9.17) is 27.6 Å². The Balaban J connectivity index is 1.66. The summed E-state index contributed by atoms with van der Waals surface area (Å²) in [6.45, 7) is 1.00. The first-order valence-corrected chi connectivity index (χ1v) is 8.10. The summed E-state index contributed by atoms with van der Waals surface area (Å²) in [5.74, 6) is 1.27. The van der Waals surface area contributed by atoms with Gasteiger partial charge in [0, 0.05) is 15.8 Å². The minimum Gasteiger partial charge on any atom is -0.414 e. The zero-order valence-corrected chi connectivity index (χ0v) is 12.9. The van der Waals surface area contributed by atoms with Gasteiger partial charge in [-0.05, 0) is 37.1 Å². The van der Waals surface area contributed by atoms with Crippen LogP contribution >= 0.6 is 35.0 Å². The van der Waals surface area contributed by atoms with Crippen LogP contribution in [0.25, 0.3) is 0 Å². The number of thioether (sulfide) groups is 1. The van der Waals surface area contributed by atoms with Gasteiger partial charge in [0.15, 0.2) is 0 Å². The highest BCUT2D eigenvalue weighted by molar-refractivity contribution is 7.98. The van der Waals surface area contributed by atoms with Gasteiger partial charge >= 0.3 is 0 Å². The van der Waals surface area contributed by atoms with E-state index in [9.17, 15) is 0 Å². The van der Waals surface area contributed by atoms with Crippen LogP contribution in [0.4, 0.5) is 0 Å². The number of hydrogen-bond donors (Lipinski definition) is 1. The van der Waals surface area contributed by atoms with E-state index in [1.165, 1.54) is 11.8 Å². The molecule has 1 saturated heterocycles. The number of nitrogens with zero attached hydrogens (tertiary/aromatic N) is 2. The summed E-state index contributed by atoms with van der Waals surface area (Å²) in [6.07, 6.45) is 2.19. The molecule has 0 spiro atoms. The van der Waals surface area contributed by atoms with Crippen molar-refractivity contribution in [3.05, 3.63) is 39.7 Å². The summed E-state index contributed by atoms with van der Waals surface area (Å²) in [7, 11) is 0. The number of hydrogen-bond acceptors (Lipinski definition) is 5. The minimum atomic E-state index is 0.195. The van der Waals surface area contributed by atoms with Crippen LogP contribution in [0.1, 0.15) is 30.3 Å². The van der Waals surface area contributed by atoms with Crippen LogP contribution in [-0.4, -0.2) is 16.7 Å². The fraction of sp³-hybridized carbons (Fsp3) is 0.385. The van der Waals surface area contributed by atoms with Crippen molar-refractivity contribution in [1.82, 2.24) is 15.5 Å². The zero-order chi connectivity index (χ0) is 13.9. The Bertz CT molecular complexity index is 579. The van der Waals surface area contributed by atoms with E-state index in [-0.39, 0.29) is 6.04 Å². The van der Waals surface area contributed by atoms with E-state index in [0.717, 1.165) is 24.9 Å². The fourth-order valence-electron chi connectivity index (χ4n) is 2.12. The molecule has 0 bridgehead atoms. The Morgan fingerprint density at radius 3 is 2.80 bits per heavy atom. The predicted octanol–water partition coefficient (Wildman–Crippen LogP) is 4.09. The molecule has 3 rings (SSSR count). The molecule has 106 valence electrons. The molecule has 1 aromatic heterocycles. The average Bonchev–Trinajstić information content (AvgIpc) is 3.09. The maximum absolute atomic E-state index is 6.13. The van der Waals surface area contributed by atoms with Gasteiger partial charge < -0.3 is 9.73 Å². The molecule has 1 aromatic carbocycles. The molecule has 20 heavy (non-hydrogen) atoms. The van der Waals surface area contributed by atoms with Gasteiger partial charge in [0.05, 0.1) is 6.04 Å². The van der Waals surface area contributed by atoms with Gasteiger partial charge in [-0.25, -0.2) is 0 Å². The molecule has 4 nitrogen and oxygen atoms in total. The van der Waals surface area contributed by atoms with E-state index in [2.05, 4.69) is 15.5 Å². The third kappa shape index (κ3) is 3.11. The van der Waals surface area contributed by atoms with Crippen LogP contribution < -0.4 is 5.32 Å². The van der Waals surface area contributed by atoms with Crippen LogP contribution in [0.3, 0.4) is 0 Å². The molecule has 1 aliphatic rings. The number of benzene rings is 1. The summed E-state index contributed by atoms with van der Waals surface area (Å²) in [4.78, 5) is 0. The van der Waals surface area contributed by atoms with Crippen LogP contribution in [0.5, 0.6) is 0 Å². The third-order valence-corrected chi connectivity index (χ3v) is 4.74. The predicted molar refractivity (Wildman–Crippen MR) is 80.3 cm³/mol. The first-order chi connectivity index (χ1) is 9.74. The molecule has 1 atom stereocenters. The first kappa shape index (κ1) is 14.2. The summed E-state index contributed by atoms with van der Waals surface area (Å²) >= 11 is 13.7. The molecule has 1 N–H and O–H groups in total. The molecule has 1 fully saturated rings. The van der Waals surface area contributed by atoms with Crippen molar-refractivity contribution in [1.29, 1.82) is 0 Å². The monoisotopic (exact) mass is 329 g/mol. The molecular formula is C13H13Cl2N3OS. The summed E-state index contributed by atoms with van der Waals surface area (Å²) < 4.78 is 5.66. The van der Waals surface area contributed by atoms with E-state index >= 15 is 0 Å². The molecule has 2 heterocycles. The second-order valence-corrected chi connectivity index (χ2v) is 6.29. The molecule has 7 heteroatoms. The Labute approximate surface area is 131 Å². The van der Waals surface area contributed by atoms with Crippen molar-refractivity contribution < 1.29 is 4.42 Å². The highest BCUT2D eigenvalue weighted by Gasteiger charge is 2.22. The van der Waals surface area contributed by atoms with Gasteiger partial charge in [-0.2, -0.15) is 0 Å². The second kappa shape index (κ2) is 6.35. The van der Waals surface area contributed by atoms with Crippen LogP contribution in [0, 0.1) is 0 Å². The largest absolute Gasteiger partial charge is 0.414 e. The van der Waals surface area contributed by atoms with Gasteiger partial charge in [-0.15, -0.1) is 10.2 Å². The fourth-order valence-corrected chi connectivity index (χ4v) is 3.63. The Morgan fingerprint density at radius 2 is 2.10 bits per heavy atom. The van der Waals surface area contributed by atoms with Crippen molar-refractivity contribution >= 4 is 35.0 Å². The van der Waals surface area contributed by atoms with E-state index in [0.29, 0.717) is 26.9 Å². The maximum atomic E-state index is 6.13. The number of halogens is 2. The zero-order valence-electron chi connectivity index (χ0n) is 10.6. The Hall–Kier alpha value is -0.750. The maximum Gasteiger partial charge on any atom is 0.276 e. The summed E-state index contributed by atoms with van der Waals surface area (Å²) in [5, 5.41) is 13.3. The van der Waals surface area contributed by atoms with Crippen molar-refractivity contribution in [3.8, 4) is 0 Å². The highest BCUT2D eigenvalue weighted by atomic mass is 35.5. The lowest BCUT2D eigenvalue weighted by atomic mass is 10.2. The van der Waals surface area contributed by atoms with Crippen molar-refractivity contribution in [2.24, 2.45) is 0 Å². The minimum absolute atomic E-state index is 0.195. The highest BCUT2D eigenvalue weighted by Crippen LogP contribution is 2.32. The van der Waals surface area contributed by atoms with Gasteiger partial charge in [0.2, 0.25) is 5.89 Å². The van der Waals surface area contributed by atoms with E-state index < -0.39 is 0 Å². The molecule has 0 saturated carbocycles.